The highest BCUT2D eigenvalue weighted by atomic mass is 16.5. The van der Waals surface area contributed by atoms with Crippen molar-refractivity contribution in [1.82, 2.24) is 0 Å². The summed E-state index contributed by atoms with van der Waals surface area (Å²) in [5.41, 5.74) is 2.67. The normalized spacial score (nSPS) is 19.0. The maximum Gasteiger partial charge on any atom is 0.338 e. The molecule has 0 atom stereocenters. The van der Waals surface area contributed by atoms with Crippen molar-refractivity contribution in [3.05, 3.63) is 59.2 Å². The lowest BCUT2D eigenvalue weighted by atomic mass is 9.70. The standard InChI is InChI=1S/C27H36O4/c1-19-8-6-9-21(25(19)26(28)29-5)18-31-24-11-7-10-23(16-24)30-17-20-12-14-22(15-13-20)27(2,3)4/h6-11,16,20,22H,12-15,17-18H2,1-5H3. The van der Waals surface area contributed by atoms with Gasteiger partial charge in [-0.2, -0.15) is 0 Å². The van der Waals surface area contributed by atoms with E-state index in [4.69, 9.17) is 14.2 Å². The Balaban J connectivity index is 1.55. The van der Waals surface area contributed by atoms with Crippen molar-refractivity contribution >= 4 is 5.97 Å². The van der Waals surface area contributed by atoms with Gasteiger partial charge in [-0.25, -0.2) is 4.79 Å². The first kappa shape index (κ1) is 23.2. The third-order valence-corrected chi connectivity index (χ3v) is 6.51. The van der Waals surface area contributed by atoms with E-state index in [0.29, 0.717) is 23.5 Å². The summed E-state index contributed by atoms with van der Waals surface area (Å²) in [6.07, 6.45) is 5.06. The van der Waals surface area contributed by atoms with Crippen LogP contribution in [0.15, 0.2) is 42.5 Å². The summed E-state index contributed by atoms with van der Waals surface area (Å²) in [7, 11) is 1.40. The molecule has 1 aliphatic rings. The largest absolute Gasteiger partial charge is 0.493 e. The molecular weight excluding hydrogens is 388 g/mol. The van der Waals surface area contributed by atoms with Gasteiger partial charge in [0.2, 0.25) is 0 Å². The van der Waals surface area contributed by atoms with Gasteiger partial charge in [0.25, 0.3) is 0 Å². The summed E-state index contributed by atoms with van der Waals surface area (Å²) in [6, 6.07) is 13.5. The Morgan fingerprint density at radius 1 is 0.968 bits per heavy atom. The van der Waals surface area contributed by atoms with Gasteiger partial charge in [-0.3, -0.25) is 0 Å². The molecule has 2 aromatic carbocycles. The first-order chi connectivity index (χ1) is 14.8. The molecule has 0 aliphatic heterocycles. The highest BCUT2D eigenvalue weighted by molar-refractivity contribution is 5.92. The van der Waals surface area contributed by atoms with Crippen molar-refractivity contribution in [2.24, 2.45) is 17.3 Å². The fourth-order valence-corrected chi connectivity index (χ4v) is 4.47. The molecule has 1 aliphatic carbocycles. The van der Waals surface area contributed by atoms with Crippen molar-refractivity contribution in [2.75, 3.05) is 13.7 Å². The van der Waals surface area contributed by atoms with Gasteiger partial charge >= 0.3 is 5.97 Å². The number of esters is 1. The van der Waals surface area contributed by atoms with Crippen LogP contribution in [0, 0.1) is 24.2 Å². The van der Waals surface area contributed by atoms with Crippen molar-refractivity contribution in [2.45, 2.75) is 60.0 Å². The number of aryl methyl sites for hydroxylation is 1. The zero-order valence-corrected chi connectivity index (χ0v) is 19.6. The quantitative estimate of drug-likeness (QED) is 0.470. The lowest BCUT2D eigenvalue weighted by molar-refractivity contribution is 0.0597. The molecule has 4 nitrogen and oxygen atoms in total. The molecule has 0 aromatic heterocycles. The van der Waals surface area contributed by atoms with Crippen LogP contribution in [0.2, 0.25) is 0 Å². The summed E-state index contributed by atoms with van der Waals surface area (Å²) in [6.45, 7) is 10.0. The van der Waals surface area contributed by atoms with Crippen LogP contribution in [0.25, 0.3) is 0 Å². The molecule has 1 fully saturated rings. The SMILES string of the molecule is COC(=O)c1c(C)cccc1COc1cccc(OCC2CCC(C(C)(C)C)CC2)c1. The highest BCUT2D eigenvalue weighted by Crippen LogP contribution is 2.40. The zero-order valence-electron chi connectivity index (χ0n) is 19.6. The van der Waals surface area contributed by atoms with Crippen LogP contribution >= 0.6 is 0 Å². The molecule has 0 amide bonds. The van der Waals surface area contributed by atoms with E-state index < -0.39 is 0 Å². The molecule has 0 bridgehead atoms. The third-order valence-electron chi connectivity index (χ3n) is 6.51. The zero-order chi connectivity index (χ0) is 22.4. The first-order valence-corrected chi connectivity index (χ1v) is 11.3. The van der Waals surface area contributed by atoms with Crippen molar-refractivity contribution in [3.63, 3.8) is 0 Å². The highest BCUT2D eigenvalue weighted by Gasteiger charge is 2.29. The summed E-state index contributed by atoms with van der Waals surface area (Å²) in [5, 5.41) is 0. The van der Waals surface area contributed by atoms with Crippen molar-refractivity contribution in [3.8, 4) is 11.5 Å². The predicted molar refractivity (Wildman–Crippen MR) is 124 cm³/mol. The Bertz CT molecular complexity index is 873. The molecule has 2 aromatic rings. The van der Waals surface area contributed by atoms with Gasteiger partial charge in [0.05, 0.1) is 19.3 Å². The van der Waals surface area contributed by atoms with E-state index in [2.05, 4.69) is 20.8 Å². The van der Waals surface area contributed by atoms with Crippen LogP contribution < -0.4 is 9.47 Å². The monoisotopic (exact) mass is 424 g/mol. The molecular formula is C27H36O4. The van der Waals surface area contributed by atoms with Gasteiger partial charge in [0, 0.05) is 11.6 Å². The second-order valence-corrected chi connectivity index (χ2v) is 9.76. The number of benzene rings is 2. The summed E-state index contributed by atoms with van der Waals surface area (Å²) in [5.74, 6) is 2.66. The van der Waals surface area contributed by atoms with E-state index >= 15 is 0 Å². The third kappa shape index (κ3) is 6.25. The van der Waals surface area contributed by atoms with Crippen LogP contribution in [0.1, 0.15) is 67.9 Å². The molecule has 168 valence electrons. The minimum atomic E-state index is -0.338. The van der Waals surface area contributed by atoms with Crippen LogP contribution in [0.5, 0.6) is 11.5 Å². The van der Waals surface area contributed by atoms with Crippen LogP contribution in [-0.4, -0.2) is 19.7 Å². The Kier molecular flexibility index (Phi) is 7.64. The van der Waals surface area contributed by atoms with Crippen molar-refractivity contribution in [1.29, 1.82) is 0 Å². The minimum absolute atomic E-state index is 0.298. The molecule has 3 rings (SSSR count). The number of carbonyl (C=O) groups is 1. The van der Waals surface area contributed by atoms with Crippen molar-refractivity contribution < 1.29 is 19.0 Å². The number of hydrogen-bond donors (Lipinski definition) is 0. The second-order valence-electron chi connectivity index (χ2n) is 9.76. The predicted octanol–water partition coefficient (Wildman–Crippen LogP) is 6.59. The number of carbonyl (C=O) groups excluding carboxylic acids is 1. The molecule has 31 heavy (non-hydrogen) atoms. The minimum Gasteiger partial charge on any atom is -0.493 e. The average Bonchev–Trinajstić information content (AvgIpc) is 2.76. The molecule has 0 saturated heterocycles. The van der Waals surface area contributed by atoms with Gasteiger partial charge in [0.1, 0.15) is 18.1 Å². The van der Waals surface area contributed by atoms with Gasteiger partial charge in [-0.1, -0.05) is 45.0 Å². The smallest absolute Gasteiger partial charge is 0.338 e. The molecule has 0 radical (unpaired) electrons. The molecule has 4 heteroatoms. The van der Waals surface area contributed by atoms with E-state index in [0.717, 1.165) is 35.2 Å². The first-order valence-electron chi connectivity index (χ1n) is 11.3. The molecule has 0 N–H and O–H groups in total. The van der Waals surface area contributed by atoms with E-state index in [-0.39, 0.29) is 5.97 Å². The lowest BCUT2D eigenvalue weighted by Crippen LogP contribution is -2.27. The molecule has 1 saturated carbocycles. The average molecular weight is 425 g/mol. The van der Waals surface area contributed by atoms with E-state index in [9.17, 15) is 4.79 Å². The summed E-state index contributed by atoms with van der Waals surface area (Å²) >= 11 is 0. The Hall–Kier alpha value is -2.49. The topological polar surface area (TPSA) is 44.8 Å². The summed E-state index contributed by atoms with van der Waals surface area (Å²) in [4.78, 5) is 12.1. The Morgan fingerprint density at radius 3 is 2.26 bits per heavy atom. The second kappa shape index (κ2) is 10.2. The lowest BCUT2D eigenvalue weighted by Gasteiger charge is -2.36. The molecule has 0 spiro atoms. The Morgan fingerprint density at radius 2 is 1.61 bits per heavy atom. The Labute approximate surface area is 186 Å². The van der Waals surface area contributed by atoms with Crippen LogP contribution in [0.4, 0.5) is 0 Å². The maximum absolute atomic E-state index is 12.1. The molecule has 0 heterocycles. The van der Waals surface area contributed by atoms with Crippen LogP contribution in [0.3, 0.4) is 0 Å². The number of hydrogen-bond acceptors (Lipinski definition) is 4. The van der Waals surface area contributed by atoms with Crippen LogP contribution in [-0.2, 0) is 11.3 Å². The number of rotatable bonds is 7. The maximum atomic E-state index is 12.1. The van der Waals surface area contributed by atoms with Gasteiger partial charge < -0.3 is 14.2 Å². The number of ether oxygens (including phenoxy) is 3. The van der Waals surface area contributed by atoms with E-state index in [1.165, 1.54) is 32.8 Å². The van der Waals surface area contributed by atoms with Gasteiger partial charge in [-0.15, -0.1) is 0 Å². The molecule has 0 unspecified atom stereocenters. The fraction of sp³-hybridized carbons (Fsp3) is 0.519. The van der Waals surface area contributed by atoms with E-state index in [1.54, 1.807) is 0 Å². The summed E-state index contributed by atoms with van der Waals surface area (Å²) < 4.78 is 17.0. The van der Waals surface area contributed by atoms with Gasteiger partial charge in [0.15, 0.2) is 0 Å². The number of methoxy groups -OCH3 is 1. The van der Waals surface area contributed by atoms with Gasteiger partial charge in [-0.05, 0) is 67.6 Å². The van der Waals surface area contributed by atoms with E-state index in [1.807, 2.05) is 49.4 Å². The fourth-order valence-electron chi connectivity index (χ4n) is 4.47.